The van der Waals surface area contributed by atoms with Crippen LogP contribution in [0.4, 0.5) is 4.79 Å². The summed E-state index contributed by atoms with van der Waals surface area (Å²) in [5.41, 5.74) is 6.88. The number of carbonyl (C=O) groups excluding carboxylic acids is 3. The highest BCUT2D eigenvalue weighted by Gasteiger charge is 2.37. The Balaban J connectivity index is 1.73. The Kier molecular flexibility index (Phi) is 6.26. The van der Waals surface area contributed by atoms with Crippen molar-refractivity contribution in [2.45, 2.75) is 31.5 Å². The van der Waals surface area contributed by atoms with E-state index in [0.717, 1.165) is 5.56 Å². The lowest BCUT2D eigenvalue weighted by Crippen LogP contribution is -2.49. The topological polar surface area (TPSA) is 102 Å². The van der Waals surface area contributed by atoms with E-state index in [1.54, 1.807) is 24.3 Å². The van der Waals surface area contributed by atoms with Crippen molar-refractivity contribution in [1.29, 1.82) is 0 Å². The van der Waals surface area contributed by atoms with Gasteiger partial charge in [-0.15, -0.1) is 0 Å². The van der Waals surface area contributed by atoms with Gasteiger partial charge in [0.05, 0.1) is 0 Å². The van der Waals surface area contributed by atoms with Crippen LogP contribution in [0.5, 0.6) is 0 Å². The number of nitrogens with zero attached hydrogens (tertiary/aromatic N) is 1. The monoisotopic (exact) mass is 381 g/mol. The predicted octanol–water partition coefficient (Wildman–Crippen LogP) is 2.13. The van der Waals surface area contributed by atoms with Crippen LogP contribution in [-0.4, -0.2) is 35.4 Å². The van der Waals surface area contributed by atoms with Gasteiger partial charge in [0, 0.05) is 6.54 Å². The Labute approximate surface area is 163 Å². The van der Waals surface area contributed by atoms with Gasteiger partial charge in [-0.2, -0.15) is 0 Å². The molecule has 2 aromatic carbocycles. The molecule has 0 aliphatic carbocycles. The van der Waals surface area contributed by atoms with E-state index in [1.807, 2.05) is 36.4 Å². The summed E-state index contributed by atoms with van der Waals surface area (Å²) in [7, 11) is 0. The molecule has 3 N–H and O–H groups in total. The first kappa shape index (κ1) is 19.4. The van der Waals surface area contributed by atoms with Crippen molar-refractivity contribution in [3.05, 3.63) is 71.8 Å². The smallest absolute Gasteiger partial charge is 0.408 e. The molecule has 1 fully saturated rings. The first-order valence-electron chi connectivity index (χ1n) is 9.18. The normalized spacial score (nSPS) is 17.0. The van der Waals surface area contributed by atoms with Gasteiger partial charge in [0.2, 0.25) is 5.91 Å². The summed E-state index contributed by atoms with van der Waals surface area (Å²) in [6, 6.07) is 16.5. The molecule has 7 heteroatoms. The fourth-order valence-electron chi connectivity index (χ4n) is 3.31. The minimum atomic E-state index is -0.954. The third-order valence-corrected chi connectivity index (χ3v) is 4.72. The van der Waals surface area contributed by atoms with Crippen molar-refractivity contribution in [2.24, 2.45) is 5.73 Å². The van der Waals surface area contributed by atoms with Gasteiger partial charge in [0.15, 0.2) is 0 Å². The van der Waals surface area contributed by atoms with E-state index in [1.165, 1.54) is 4.90 Å². The molecule has 28 heavy (non-hydrogen) atoms. The lowest BCUT2D eigenvalue weighted by molar-refractivity contribution is -0.139. The lowest BCUT2D eigenvalue weighted by atomic mass is 10.1. The lowest BCUT2D eigenvalue weighted by Gasteiger charge is -2.27. The summed E-state index contributed by atoms with van der Waals surface area (Å²) >= 11 is 0. The molecular formula is C21H23N3O4. The average Bonchev–Trinajstić information content (AvgIpc) is 3.22. The highest BCUT2D eigenvalue weighted by Crippen LogP contribution is 2.23. The van der Waals surface area contributed by atoms with Gasteiger partial charge in [-0.3, -0.25) is 9.59 Å². The fraction of sp³-hybridized carbons (Fsp3) is 0.286. The van der Waals surface area contributed by atoms with Gasteiger partial charge in [0.1, 0.15) is 18.7 Å². The quantitative estimate of drug-likeness (QED) is 0.800. The van der Waals surface area contributed by atoms with Crippen LogP contribution in [0.1, 0.15) is 30.0 Å². The second-order valence-corrected chi connectivity index (χ2v) is 6.64. The minimum Gasteiger partial charge on any atom is -0.445 e. The molecular weight excluding hydrogens is 358 g/mol. The van der Waals surface area contributed by atoms with E-state index in [9.17, 15) is 14.4 Å². The molecule has 2 unspecified atom stereocenters. The van der Waals surface area contributed by atoms with Crippen LogP contribution < -0.4 is 11.1 Å². The van der Waals surface area contributed by atoms with Gasteiger partial charge in [-0.1, -0.05) is 60.7 Å². The van der Waals surface area contributed by atoms with Gasteiger partial charge < -0.3 is 20.7 Å². The van der Waals surface area contributed by atoms with Crippen LogP contribution in [0.2, 0.25) is 0 Å². The molecule has 3 rings (SSSR count). The molecule has 1 aliphatic rings. The highest BCUT2D eigenvalue weighted by atomic mass is 16.5. The Bertz CT molecular complexity index is 826. The molecule has 0 saturated carbocycles. The van der Waals surface area contributed by atoms with Crippen molar-refractivity contribution in [1.82, 2.24) is 10.2 Å². The number of nitrogens with two attached hydrogens (primary N) is 1. The van der Waals surface area contributed by atoms with Crippen molar-refractivity contribution in [2.75, 3.05) is 6.54 Å². The molecule has 2 aromatic rings. The molecule has 146 valence electrons. The maximum atomic E-state index is 13.1. The summed E-state index contributed by atoms with van der Waals surface area (Å²) in [4.78, 5) is 38.6. The van der Waals surface area contributed by atoms with Crippen LogP contribution in [0.3, 0.4) is 0 Å². The maximum absolute atomic E-state index is 13.1. The third kappa shape index (κ3) is 4.68. The number of likely N-dealkylation sites (tertiary alicyclic amines) is 1. The number of benzene rings is 2. The van der Waals surface area contributed by atoms with Gasteiger partial charge in [0.25, 0.3) is 5.91 Å². The largest absolute Gasteiger partial charge is 0.445 e. The summed E-state index contributed by atoms with van der Waals surface area (Å²) in [6.07, 6.45) is 0.515. The molecule has 3 amide bonds. The van der Waals surface area contributed by atoms with Crippen molar-refractivity contribution < 1.29 is 19.1 Å². The molecule has 0 spiro atoms. The number of nitrogens with one attached hydrogen (secondary N) is 1. The number of alkyl carbamates (subject to hydrolysis) is 1. The molecule has 0 aromatic heterocycles. The van der Waals surface area contributed by atoms with Gasteiger partial charge in [-0.25, -0.2) is 4.79 Å². The van der Waals surface area contributed by atoms with Crippen LogP contribution in [0.25, 0.3) is 0 Å². The number of rotatable bonds is 6. The highest BCUT2D eigenvalue weighted by molar-refractivity contribution is 5.92. The number of hydrogen-bond donors (Lipinski definition) is 2. The van der Waals surface area contributed by atoms with Crippen LogP contribution in [0, 0.1) is 0 Å². The standard InChI is InChI=1S/C21H23N3O4/c22-19(25)17-12-7-13-24(17)20(26)18(16-10-5-2-6-11-16)23-21(27)28-14-15-8-3-1-4-9-15/h1-6,8-11,17-18H,7,12-14H2,(H2,22,25)(H,23,27). The van der Waals surface area contributed by atoms with Crippen molar-refractivity contribution >= 4 is 17.9 Å². The fourth-order valence-corrected chi connectivity index (χ4v) is 3.31. The molecule has 7 nitrogen and oxygen atoms in total. The number of primary amides is 1. The Morgan fingerprint density at radius 3 is 2.36 bits per heavy atom. The molecule has 1 saturated heterocycles. The Morgan fingerprint density at radius 2 is 1.71 bits per heavy atom. The zero-order valence-electron chi connectivity index (χ0n) is 15.4. The molecule has 2 atom stereocenters. The van der Waals surface area contributed by atoms with E-state index < -0.39 is 24.1 Å². The van der Waals surface area contributed by atoms with E-state index in [2.05, 4.69) is 5.32 Å². The Hall–Kier alpha value is -3.35. The SMILES string of the molecule is NC(=O)C1CCCN1C(=O)C(NC(=O)OCc1ccccc1)c1ccccc1. The molecule has 1 heterocycles. The predicted molar refractivity (Wildman–Crippen MR) is 103 cm³/mol. The van der Waals surface area contributed by atoms with Gasteiger partial charge >= 0.3 is 6.09 Å². The first-order chi connectivity index (χ1) is 13.6. The van der Waals surface area contributed by atoms with Crippen LogP contribution >= 0.6 is 0 Å². The second kappa shape index (κ2) is 9.03. The van der Waals surface area contributed by atoms with E-state index in [0.29, 0.717) is 24.9 Å². The van der Waals surface area contributed by atoms with Gasteiger partial charge in [-0.05, 0) is 24.0 Å². The molecule has 0 bridgehead atoms. The summed E-state index contributed by atoms with van der Waals surface area (Å²) < 4.78 is 5.25. The maximum Gasteiger partial charge on any atom is 0.408 e. The van der Waals surface area contributed by atoms with Crippen molar-refractivity contribution in [3.63, 3.8) is 0 Å². The molecule has 0 radical (unpaired) electrons. The third-order valence-electron chi connectivity index (χ3n) is 4.72. The van der Waals surface area contributed by atoms with E-state index in [4.69, 9.17) is 10.5 Å². The van der Waals surface area contributed by atoms with E-state index >= 15 is 0 Å². The van der Waals surface area contributed by atoms with Crippen LogP contribution in [0.15, 0.2) is 60.7 Å². The number of hydrogen-bond acceptors (Lipinski definition) is 4. The zero-order valence-corrected chi connectivity index (χ0v) is 15.4. The summed E-state index contributed by atoms with van der Waals surface area (Å²) in [5.74, 6) is -0.909. The second-order valence-electron chi connectivity index (χ2n) is 6.64. The Morgan fingerprint density at radius 1 is 1.07 bits per heavy atom. The summed E-state index contributed by atoms with van der Waals surface area (Å²) in [5, 5.41) is 2.64. The minimum absolute atomic E-state index is 0.0933. The zero-order chi connectivity index (χ0) is 19.9. The first-order valence-corrected chi connectivity index (χ1v) is 9.18. The number of amides is 3. The number of ether oxygens (including phenoxy) is 1. The summed E-state index contributed by atoms with van der Waals surface area (Å²) in [6.45, 7) is 0.520. The van der Waals surface area contributed by atoms with E-state index in [-0.39, 0.29) is 12.5 Å². The average molecular weight is 381 g/mol. The van der Waals surface area contributed by atoms with Crippen molar-refractivity contribution in [3.8, 4) is 0 Å². The van der Waals surface area contributed by atoms with Crippen LogP contribution in [-0.2, 0) is 20.9 Å². The molecule has 1 aliphatic heterocycles. The number of carbonyl (C=O) groups is 3.